The van der Waals surface area contributed by atoms with Crippen molar-refractivity contribution in [3.8, 4) is 0 Å². The van der Waals surface area contributed by atoms with Crippen LogP contribution in [0.25, 0.3) is 0 Å². The minimum Gasteiger partial charge on any atom is -0.130 e. The van der Waals surface area contributed by atoms with Gasteiger partial charge in [0.05, 0.1) is 0 Å². The molecule has 0 spiro atoms. The lowest BCUT2D eigenvalue weighted by Gasteiger charge is -1.62. The van der Waals surface area contributed by atoms with Crippen molar-refractivity contribution in [1.29, 1.82) is 0 Å². The van der Waals surface area contributed by atoms with Gasteiger partial charge in [-0.25, -0.2) is 0 Å². The van der Waals surface area contributed by atoms with Gasteiger partial charge in [0.2, 0.25) is 0 Å². The van der Waals surface area contributed by atoms with E-state index in [1.165, 1.54) is 0 Å². The molecule has 0 radical (unpaired) electrons. The molecule has 0 heteroatoms. The molecule has 0 aliphatic heterocycles. The normalized spacial score (nSPS) is 5.80. The summed E-state index contributed by atoms with van der Waals surface area (Å²) < 4.78 is 0. The quantitative estimate of drug-likeness (QED) is 0.402. The minimum absolute atomic E-state index is 1.09. The van der Waals surface area contributed by atoms with Crippen molar-refractivity contribution < 1.29 is 0 Å². The van der Waals surface area contributed by atoms with E-state index >= 15 is 0 Å². The third-order valence-corrected chi connectivity index (χ3v) is 0.655. The predicted octanol–water partition coefficient (Wildman–Crippen LogP) is 3.49. The topological polar surface area (TPSA) is 0 Å². The van der Waals surface area contributed by atoms with E-state index in [0.29, 0.717) is 0 Å². The molecule has 0 aromatic carbocycles. The van der Waals surface area contributed by atoms with Gasteiger partial charge < -0.3 is 0 Å². The van der Waals surface area contributed by atoms with Gasteiger partial charge in [0.1, 0.15) is 0 Å². The minimum atomic E-state index is 1.09. The van der Waals surface area contributed by atoms with Crippen molar-refractivity contribution in [3.63, 3.8) is 0 Å². The molecule has 0 nitrogen and oxygen atoms in total. The Balaban J connectivity index is 0. The van der Waals surface area contributed by atoms with Gasteiger partial charge in [-0.2, -0.15) is 0 Å². The van der Waals surface area contributed by atoms with Gasteiger partial charge in [0.15, 0.2) is 0 Å². The molecular formula is C10H16. The first-order valence-electron chi connectivity index (χ1n) is 3.42. The van der Waals surface area contributed by atoms with Crippen LogP contribution in [0.4, 0.5) is 0 Å². The smallest absolute Gasteiger partial charge is 0.0303 e. The molecule has 0 aliphatic carbocycles. The molecule has 0 atom stereocenters. The van der Waals surface area contributed by atoms with E-state index in [1.54, 1.807) is 12.2 Å². The average molecular weight is 136 g/mol. The van der Waals surface area contributed by atoms with Gasteiger partial charge in [0.25, 0.3) is 0 Å². The summed E-state index contributed by atoms with van der Waals surface area (Å²) in [4.78, 5) is 0. The second-order valence-electron chi connectivity index (χ2n) is 1.54. The fourth-order valence-electron chi connectivity index (χ4n) is 0.236. The van der Waals surface area contributed by atoms with Crippen molar-refractivity contribution in [1.82, 2.24) is 0 Å². The predicted molar refractivity (Wildman–Crippen MR) is 49.0 cm³/mol. The Kier molecular flexibility index (Phi) is 18.4. The molecule has 0 heterocycles. The fourth-order valence-corrected chi connectivity index (χ4v) is 0.236. The Morgan fingerprint density at radius 3 is 1.90 bits per heavy atom. The van der Waals surface area contributed by atoms with Crippen molar-refractivity contribution in [2.75, 3.05) is 0 Å². The molecule has 0 bridgehead atoms. The van der Waals surface area contributed by atoms with Crippen LogP contribution in [0, 0.1) is 0 Å². The van der Waals surface area contributed by atoms with E-state index in [0.717, 1.165) is 6.42 Å². The molecule has 0 aromatic rings. The van der Waals surface area contributed by atoms with Crippen molar-refractivity contribution in [2.24, 2.45) is 0 Å². The summed E-state index contributed by atoms with van der Waals surface area (Å²) in [5, 5.41) is 0. The van der Waals surface area contributed by atoms with Crippen molar-refractivity contribution in [3.05, 3.63) is 43.2 Å². The summed E-state index contributed by atoms with van der Waals surface area (Å²) in [5.41, 5.74) is 2.95. The highest BCUT2D eigenvalue weighted by molar-refractivity contribution is 4.88. The second-order valence-corrected chi connectivity index (χ2v) is 1.54. The zero-order chi connectivity index (χ0) is 8.24. The Morgan fingerprint density at radius 1 is 1.30 bits per heavy atom. The monoisotopic (exact) mass is 136 g/mol. The summed E-state index contributed by atoms with van der Waals surface area (Å²) >= 11 is 0. The molecule has 0 saturated heterocycles. The maximum Gasteiger partial charge on any atom is -0.0303 e. The average Bonchev–Trinajstić information content (AvgIpc) is 2.01. The largest absolute Gasteiger partial charge is 0.130 e. The molecule has 0 N–H and O–H groups in total. The van der Waals surface area contributed by atoms with Gasteiger partial charge in [-0.05, 0) is 25.5 Å². The molecule has 0 saturated carbocycles. The zero-order valence-electron chi connectivity index (χ0n) is 6.93. The van der Waals surface area contributed by atoms with Gasteiger partial charge in [0, 0.05) is 0 Å². The van der Waals surface area contributed by atoms with Gasteiger partial charge in [-0.3, -0.25) is 0 Å². The molecule has 0 aromatic heterocycles. The summed E-state index contributed by atoms with van der Waals surface area (Å²) in [5.74, 6) is 0. The molecular weight excluding hydrogens is 120 g/mol. The van der Waals surface area contributed by atoms with Crippen LogP contribution in [0.5, 0.6) is 0 Å². The molecule has 10 heavy (non-hydrogen) atoms. The third-order valence-electron chi connectivity index (χ3n) is 0.655. The lowest BCUT2D eigenvalue weighted by Crippen LogP contribution is -1.42. The zero-order valence-corrected chi connectivity index (χ0v) is 6.93. The van der Waals surface area contributed by atoms with Crippen molar-refractivity contribution >= 4 is 0 Å². The van der Waals surface area contributed by atoms with Gasteiger partial charge in [-0.1, -0.05) is 32.2 Å². The first kappa shape index (κ1) is 11.8. The molecule has 0 rings (SSSR count). The lowest BCUT2D eigenvalue weighted by molar-refractivity contribution is 1.23. The molecule has 56 valence electrons. The maximum atomic E-state index is 3.36. The lowest BCUT2D eigenvalue weighted by atomic mass is 10.4. The Bertz CT molecular complexity index is 117. The van der Waals surface area contributed by atoms with Crippen LogP contribution >= 0.6 is 0 Å². The SMILES string of the molecule is C=CC=C.CC=C=CCC. The van der Waals surface area contributed by atoms with E-state index in [-0.39, 0.29) is 0 Å². The number of rotatable bonds is 2. The summed E-state index contributed by atoms with van der Waals surface area (Å²) in [6.45, 7) is 10.8. The van der Waals surface area contributed by atoms with Crippen LogP contribution in [0.2, 0.25) is 0 Å². The Labute approximate surface area is 64.3 Å². The third kappa shape index (κ3) is 28.0. The molecule has 0 unspecified atom stereocenters. The van der Waals surface area contributed by atoms with Crippen LogP contribution in [0.15, 0.2) is 43.2 Å². The standard InChI is InChI=1S/C6H10.C4H6/c1-3-5-6-4-2;1-3-4-2/h3,6H,4H2,1-2H3;3-4H,1-2H2. The van der Waals surface area contributed by atoms with E-state index in [1.807, 2.05) is 19.1 Å². The highest BCUT2D eigenvalue weighted by atomic mass is 13.6. The highest BCUT2D eigenvalue weighted by Gasteiger charge is 1.52. The Morgan fingerprint density at radius 2 is 1.80 bits per heavy atom. The molecule has 0 fully saturated rings. The van der Waals surface area contributed by atoms with Crippen molar-refractivity contribution in [2.45, 2.75) is 20.3 Å². The summed E-state index contributed by atoms with van der Waals surface area (Å²) in [6.07, 6.45) is 8.27. The highest BCUT2D eigenvalue weighted by Crippen LogP contribution is 1.72. The van der Waals surface area contributed by atoms with E-state index in [9.17, 15) is 0 Å². The summed E-state index contributed by atoms with van der Waals surface area (Å²) in [7, 11) is 0. The van der Waals surface area contributed by atoms with Crippen LogP contribution < -0.4 is 0 Å². The number of hydrogen-bond donors (Lipinski definition) is 0. The molecule has 0 amide bonds. The first-order valence-corrected chi connectivity index (χ1v) is 3.42. The Hall–Kier alpha value is -1.00. The number of allylic oxidation sites excluding steroid dienone is 3. The molecule has 0 aliphatic rings. The number of hydrogen-bond acceptors (Lipinski definition) is 0. The van der Waals surface area contributed by atoms with E-state index in [4.69, 9.17) is 0 Å². The van der Waals surface area contributed by atoms with Gasteiger partial charge >= 0.3 is 0 Å². The maximum absolute atomic E-state index is 3.36. The summed E-state index contributed by atoms with van der Waals surface area (Å²) in [6, 6.07) is 0. The van der Waals surface area contributed by atoms with E-state index < -0.39 is 0 Å². The van der Waals surface area contributed by atoms with Crippen LogP contribution in [0.1, 0.15) is 20.3 Å². The van der Waals surface area contributed by atoms with Crippen LogP contribution in [-0.4, -0.2) is 0 Å². The van der Waals surface area contributed by atoms with Crippen LogP contribution in [-0.2, 0) is 0 Å². The van der Waals surface area contributed by atoms with Gasteiger partial charge in [-0.15, -0.1) is 5.73 Å². The fraction of sp³-hybridized carbons (Fsp3) is 0.300. The first-order chi connectivity index (χ1) is 4.83. The van der Waals surface area contributed by atoms with Crippen LogP contribution in [0.3, 0.4) is 0 Å². The second kappa shape index (κ2) is 15.7. The van der Waals surface area contributed by atoms with E-state index in [2.05, 4.69) is 25.8 Å².